The standard InChI is InChI=1S/C24H22Cl2N6O3/c25-18-12-28-13-19(26)22(18)23-17(24(35-31-23)15-4-5-15)14-33-8-2-1-3-9-34-21-7-6-20-29-11-16(10-27)32(20)30-21/h6-7,11-13,15H,1-5,8-9,14H2. The molecule has 5 rings (SSSR count). The van der Waals surface area contributed by atoms with Gasteiger partial charge in [0, 0.05) is 42.1 Å². The van der Waals surface area contributed by atoms with Gasteiger partial charge in [-0.2, -0.15) is 9.78 Å². The minimum atomic E-state index is 0.372. The van der Waals surface area contributed by atoms with Crippen LogP contribution in [0.15, 0.2) is 35.2 Å². The second kappa shape index (κ2) is 10.6. The monoisotopic (exact) mass is 512 g/mol. The Balaban J connectivity index is 1.10. The molecule has 1 aliphatic carbocycles. The van der Waals surface area contributed by atoms with Crippen molar-refractivity contribution in [3.8, 4) is 23.2 Å². The Hall–Kier alpha value is -3.19. The van der Waals surface area contributed by atoms with Gasteiger partial charge in [0.1, 0.15) is 17.5 Å². The van der Waals surface area contributed by atoms with Crippen molar-refractivity contribution in [1.82, 2.24) is 24.7 Å². The number of unbranched alkanes of at least 4 members (excludes halogenated alkanes) is 2. The van der Waals surface area contributed by atoms with Crippen LogP contribution < -0.4 is 4.74 Å². The SMILES string of the molecule is N#Cc1cnc2ccc(OCCCCCOCc3c(-c4c(Cl)cncc4Cl)noc3C3CC3)nn12. The van der Waals surface area contributed by atoms with Crippen LogP contribution >= 0.6 is 23.2 Å². The molecule has 0 saturated heterocycles. The van der Waals surface area contributed by atoms with Gasteiger partial charge in [-0.05, 0) is 38.2 Å². The molecule has 0 atom stereocenters. The van der Waals surface area contributed by atoms with Crippen LogP contribution in [0.3, 0.4) is 0 Å². The molecule has 35 heavy (non-hydrogen) atoms. The van der Waals surface area contributed by atoms with Gasteiger partial charge in [0.15, 0.2) is 11.3 Å². The van der Waals surface area contributed by atoms with Crippen LogP contribution in [0, 0.1) is 11.3 Å². The van der Waals surface area contributed by atoms with Crippen LogP contribution in [-0.2, 0) is 11.3 Å². The number of hydrogen-bond acceptors (Lipinski definition) is 8. The summed E-state index contributed by atoms with van der Waals surface area (Å²) in [6.45, 7) is 1.50. The normalized spacial score (nSPS) is 13.3. The highest BCUT2D eigenvalue weighted by molar-refractivity contribution is 6.38. The van der Waals surface area contributed by atoms with Gasteiger partial charge in [0.2, 0.25) is 5.88 Å². The first-order valence-corrected chi connectivity index (χ1v) is 12.1. The Kier molecular flexibility index (Phi) is 7.13. The van der Waals surface area contributed by atoms with Crippen LogP contribution in [0.4, 0.5) is 0 Å². The maximum atomic E-state index is 9.11. The first-order chi connectivity index (χ1) is 17.2. The van der Waals surface area contributed by atoms with E-state index in [-0.39, 0.29) is 0 Å². The number of ether oxygens (including phenoxy) is 2. The minimum absolute atomic E-state index is 0.372. The largest absolute Gasteiger partial charge is 0.477 e. The van der Waals surface area contributed by atoms with E-state index >= 15 is 0 Å². The van der Waals surface area contributed by atoms with Gasteiger partial charge in [0.25, 0.3) is 0 Å². The van der Waals surface area contributed by atoms with E-state index in [2.05, 4.69) is 26.3 Å². The van der Waals surface area contributed by atoms with Crippen LogP contribution in [0.1, 0.15) is 55.0 Å². The van der Waals surface area contributed by atoms with Crippen molar-refractivity contribution in [2.24, 2.45) is 0 Å². The molecule has 9 nitrogen and oxygen atoms in total. The number of rotatable bonds is 11. The molecule has 180 valence electrons. The third kappa shape index (κ3) is 5.25. The molecule has 0 bridgehead atoms. The van der Waals surface area contributed by atoms with Crippen molar-refractivity contribution in [1.29, 1.82) is 5.26 Å². The maximum absolute atomic E-state index is 9.11. The summed E-state index contributed by atoms with van der Waals surface area (Å²) in [5, 5.41) is 18.5. The van der Waals surface area contributed by atoms with E-state index in [4.69, 9.17) is 42.5 Å². The summed E-state index contributed by atoms with van der Waals surface area (Å²) in [4.78, 5) is 8.14. The summed E-state index contributed by atoms with van der Waals surface area (Å²) in [5.41, 5.74) is 3.14. The highest BCUT2D eigenvalue weighted by Crippen LogP contribution is 2.45. The Morgan fingerprint density at radius 1 is 1.09 bits per heavy atom. The molecule has 0 radical (unpaired) electrons. The smallest absolute Gasteiger partial charge is 0.231 e. The van der Waals surface area contributed by atoms with Crippen LogP contribution in [0.5, 0.6) is 5.88 Å². The average molecular weight is 513 g/mol. The van der Waals surface area contributed by atoms with Gasteiger partial charge >= 0.3 is 0 Å². The molecule has 0 spiro atoms. The van der Waals surface area contributed by atoms with E-state index in [0.717, 1.165) is 43.4 Å². The van der Waals surface area contributed by atoms with Crippen molar-refractivity contribution in [3.63, 3.8) is 0 Å². The predicted molar refractivity (Wildman–Crippen MR) is 128 cm³/mol. The van der Waals surface area contributed by atoms with Gasteiger partial charge in [-0.15, -0.1) is 5.10 Å². The zero-order valence-corrected chi connectivity index (χ0v) is 20.3. The highest BCUT2D eigenvalue weighted by atomic mass is 35.5. The van der Waals surface area contributed by atoms with Crippen LogP contribution in [0.25, 0.3) is 16.9 Å². The van der Waals surface area contributed by atoms with Crippen molar-refractivity contribution < 1.29 is 14.0 Å². The molecule has 0 N–H and O–H groups in total. The molecule has 1 aliphatic rings. The topological polar surface area (TPSA) is 111 Å². The predicted octanol–water partition coefficient (Wildman–Crippen LogP) is 5.60. The molecule has 0 unspecified atom stereocenters. The van der Waals surface area contributed by atoms with Crippen molar-refractivity contribution in [2.75, 3.05) is 13.2 Å². The van der Waals surface area contributed by atoms with Crippen molar-refractivity contribution in [3.05, 3.63) is 57.8 Å². The first-order valence-electron chi connectivity index (χ1n) is 11.4. The van der Waals surface area contributed by atoms with Gasteiger partial charge < -0.3 is 14.0 Å². The lowest BCUT2D eigenvalue weighted by atomic mass is 10.1. The fourth-order valence-corrected chi connectivity index (χ4v) is 4.35. The van der Waals surface area contributed by atoms with Crippen LogP contribution in [-0.4, -0.2) is 38.0 Å². The summed E-state index contributed by atoms with van der Waals surface area (Å²) in [7, 11) is 0. The molecule has 4 heterocycles. The summed E-state index contributed by atoms with van der Waals surface area (Å²) >= 11 is 12.7. The number of nitrogens with zero attached hydrogens (tertiary/aromatic N) is 6. The maximum Gasteiger partial charge on any atom is 0.231 e. The Labute approximate surface area is 211 Å². The summed E-state index contributed by atoms with van der Waals surface area (Å²) in [5.74, 6) is 1.70. The number of halogens is 2. The first kappa shape index (κ1) is 23.5. The quantitative estimate of drug-likeness (QED) is 0.238. The van der Waals surface area contributed by atoms with E-state index in [1.807, 2.05) is 0 Å². The molecule has 0 aliphatic heterocycles. The molecule has 11 heteroatoms. The number of imidazole rings is 1. The highest BCUT2D eigenvalue weighted by Gasteiger charge is 2.33. The van der Waals surface area contributed by atoms with Gasteiger partial charge in [0.05, 0.1) is 29.5 Å². The fraction of sp³-hybridized carbons (Fsp3) is 0.375. The van der Waals surface area contributed by atoms with Crippen molar-refractivity contribution >= 4 is 28.8 Å². The molecule has 4 aromatic rings. The molecule has 0 amide bonds. The van der Waals surface area contributed by atoms with E-state index in [9.17, 15) is 0 Å². The fourth-order valence-electron chi connectivity index (χ4n) is 3.81. The Morgan fingerprint density at radius 3 is 2.66 bits per heavy atom. The molecular formula is C24H22Cl2N6O3. The number of fused-ring (bicyclic) bond motifs is 1. The lowest BCUT2D eigenvalue weighted by Gasteiger charge is -2.08. The van der Waals surface area contributed by atoms with E-state index < -0.39 is 0 Å². The number of pyridine rings is 1. The molecule has 4 aromatic heterocycles. The second-order valence-electron chi connectivity index (χ2n) is 8.28. The number of aromatic nitrogens is 5. The van der Waals surface area contributed by atoms with E-state index in [1.54, 1.807) is 24.5 Å². The minimum Gasteiger partial charge on any atom is -0.477 e. The van der Waals surface area contributed by atoms with Crippen molar-refractivity contribution in [2.45, 2.75) is 44.6 Å². The lowest BCUT2D eigenvalue weighted by Crippen LogP contribution is -2.04. The molecular weight excluding hydrogens is 491 g/mol. The Morgan fingerprint density at radius 2 is 1.89 bits per heavy atom. The number of hydrogen-bond donors (Lipinski definition) is 0. The second-order valence-corrected chi connectivity index (χ2v) is 9.10. The Bertz CT molecular complexity index is 1360. The van der Waals surface area contributed by atoms with E-state index in [0.29, 0.717) is 64.3 Å². The van der Waals surface area contributed by atoms with Crippen LogP contribution in [0.2, 0.25) is 10.0 Å². The lowest BCUT2D eigenvalue weighted by molar-refractivity contribution is 0.114. The van der Waals surface area contributed by atoms with Gasteiger partial charge in [-0.1, -0.05) is 28.4 Å². The molecule has 1 fully saturated rings. The van der Waals surface area contributed by atoms with E-state index in [1.165, 1.54) is 10.7 Å². The summed E-state index contributed by atoms with van der Waals surface area (Å²) in [6.07, 6.45) is 9.42. The zero-order chi connectivity index (χ0) is 24.2. The van der Waals surface area contributed by atoms with Gasteiger partial charge in [-0.3, -0.25) is 4.98 Å². The molecule has 1 saturated carbocycles. The molecule has 0 aromatic carbocycles. The third-order valence-corrected chi connectivity index (χ3v) is 6.31. The summed E-state index contributed by atoms with van der Waals surface area (Å²) < 4.78 is 18.8. The third-order valence-electron chi connectivity index (χ3n) is 5.74. The zero-order valence-electron chi connectivity index (χ0n) is 18.8. The summed E-state index contributed by atoms with van der Waals surface area (Å²) in [6, 6.07) is 5.59. The van der Waals surface area contributed by atoms with Gasteiger partial charge in [-0.25, -0.2) is 4.98 Å². The number of nitriles is 1. The average Bonchev–Trinajstić information content (AvgIpc) is 3.49.